The molecular formula is C12H22N4O. The van der Waals surface area contributed by atoms with Crippen molar-refractivity contribution in [3.63, 3.8) is 0 Å². The zero-order chi connectivity index (χ0) is 13.0. The summed E-state index contributed by atoms with van der Waals surface area (Å²) in [6.45, 7) is 8.37. The van der Waals surface area contributed by atoms with Gasteiger partial charge in [-0.15, -0.1) is 0 Å². The van der Waals surface area contributed by atoms with E-state index in [4.69, 9.17) is 0 Å². The molecule has 1 rings (SSSR count). The monoisotopic (exact) mass is 238 g/mol. The van der Waals surface area contributed by atoms with Crippen LogP contribution < -0.4 is 10.6 Å². The second-order valence-corrected chi connectivity index (χ2v) is 4.67. The number of aryl methyl sites for hydroxylation is 2. The number of nitrogens with zero attached hydrogens (tertiary/aromatic N) is 2. The highest BCUT2D eigenvalue weighted by Gasteiger charge is 2.13. The quantitative estimate of drug-likeness (QED) is 0.795. The van der Waals surface area contributed by atoms with Crippen molar-refractivity contribution in [1.29, 1.82) is 0 Å². The Bertz CT molecular complexity index is 384. The molecule has 2 N–H and O–H groups in total. The maximum Gasteiger partial charge on any atom is 0.237 e. The Kier molecular flexibility index (Phi) is 4.69. The zero-order valence-electron chi connectivity index (χ0n) is 11.2. The van der Waals surface area contributed by atoms with Crippen molar-refractivity contribution in [2.45, 2.75) is 46.3 Å². The number of aromatic nitrogens is 2. The van der Waals surface area contributed by atoms with E-state index in [1.54, 1.807) is 0 Å². The number of carbonyl (C=O) groups excluding carboxylic acids is 1. The minimum atomic E-state index is -0.201. The molecule has 0 radical (unpaired) electrons. The van der Waals surface area contributed by atoms with Gasteiger partial charge in [-0.05, 0) is 33.8 Å². The van der Waals surface area contributed by atoms with Crippen LogP contribution >= 0.6 is 0 Å². The Balaban J connectivity index is 2.45. The number of carbonyl (C=O) groups is 1. The van der Waals surface area contributed by atoms with Crippen LogP contribution in [0.4, 0.5) is 0 Å². The van der Waals surface area contributed by atoms with Gasteiger partial charge in [0, 0.05) is 19.6 Å². The summed E-state index contributed by atoms with van der Waals surface area (Å²) in [6, 6.07) is 1.98. The summed E-state index contributed by atoms with van der Waals surface area (Å²) in [7, 11) is 1.91. The van der Waals surface area contributed by atoms with Crippen LogP contribution in [0.1, 0.15) is 32.2 Å². The average Bonchev–Trinajstić information content (AvgIpc) is 2.52. The molecule has 1 atom stereocenters. The van der Waals surface area contributed by atoms with E-state index in [1.807, 2.05) is 45.5 Å². The first-order valence-electron chi connectivity index (χ1n) is 5.93. The molecule has 0 bridgehead atoms. The average molecular weight is 238 g/mol. The fraction of sp³-hybridized carbons (Fsp3) is 0.667. The largest absolute Gasteiger partial charge is 0.353 e. The van der Waals surface area contributed by atoms with Gasteiger partial charge in [0.2, 0.25) is 5.91 Å². The van der Waals surface area contributed by atoms with Gasteiger partial charge in [0.05, 0.1) is 17.4 Å². The summed E-state index contributed by atoms with van der Waals surface area (Å²) in [6.07, 6.45) is 0. The number of amides is 1. The lowest BCUT2D eigenvalue weighted by atomic mass is 10.2. The molecule has 1 aromatic rings. The van der Waals surface area contributed by atoms with Crippen molar-refractivity contribution in [2.75, 3.05) is 0 Å². The van der Waals surface area contributed by atoms with Gasteiger partial charge in [0.15, 0.2) is 0 Å². The van der Waals surface area contributed by atoms with Crippen molar-refractivity contribution >= 4 is 5.91 Å². The van der Waals surface area contributed by atoms with Gasteiger partial charge in [0.1, 0.15) is 0 Å². The summed E-state index contributed by atoms with van der Waals surface area (Å²) in [5, 5.41) is 10.3. The van der Waals surface area contributed by atoms with Crippen LogP contribution in [-0.2, 0) is 18.4 Å². The number of rotatable bonds is 5. The molecule has 0 spiro atoms. The van der Waals surface area contributed by atoms with Crippen molar-refractivity contribution < 1.29 is 4.79 Å². The number of hydrogen-bond donors (Lipinski definition) is 2. The topological polar surface area (TPSA) is 59.0 Å². The van der Waals surface area contributed by atoms with Crippen LogP contribution in [0.3, 0.4) is 0 Å². The van der Waals surface area contributed by atoms with E-state index in [-0.39, 0.29) is 18.0 Å². The minimum Gasteiger partial charge on any atom is -0.353 e. The fourth-order valence-electron chi connectivity index (χ4n) is 1.59. The molecule has 1 amide bonds. The molecular weight excluding hydrogens is 216 g/mol. The Morgan fingerprint density at radius 2 is 2.12 bits per heavy atom. The predicted octanol–water partition coefficient (Wildman–Crippen LogP) is 0.731. The Morgan fingerprint density at radius 3 is 2.59 bits per heavy atom. The van der Waals surface area contributed by atoms with Gasteiger partial charge in [-0.2, -0.15) is 5.10 Å². The minimum absolute atomic E-state index is 0.0268. The molecule has 0 fully saturated rings. The third-order valence-electron chi connectivity index (χ3n) is 2.51. The molecule has 1 heterocycles. The lowest BCUT2D eigenvalue weighted by molar-refractivity contribution is -0.123. The maximum absolute atomic E-state index is 11.7. The summed E-state index contributed by atoms with van der Waals surface area (Å²) in [4.78, 5) is 11.7. The standard InChI is InChI=1S/C12H22N4O/c1-8(2)14-12(17)10(4)13-7-11-6-9(3)15-16(11)5/h6,8,10,13H,7H2,1-5H3,(H,14,17). The van der Waals surface area contributed by atoms with Gasteiger partial charge < -0.3 is 10.6 Å². The molecule has 5 heteroatoms. The maximum atomic E-state index is 11.7. The second-order valence-electron chi connectivity index (χ2n) is 4.67. The summed E-state index contributed by atoms with van der Waals surface area (Å²) < 4.78 is 1.83. The zero-order valence-corrected chi connectivity index (χ0v) is 11.2. The predicted molar refractivity (Wildman–Crippen MR) is 67.5 cm³/mol. The van der Waals surface area contributed by atoms with E-state index in [0.717, 1.165) is 11.4 Å². The molecule has 5 nitrogen and oxygen atoms in total. The van der Waals surface area contributed by atoms with E-state index >= 15 is 0 Å². The Labute approximate surface area is 103 Å². The van der Waals surface area contributed by atoms with Crippen molar-refractivity contribution in [3.05, 3.63) is 17.5 Å². The van der Waals surface area contributed by atoms with Gasteiger partial charge in [-0.1, -0.05) is 0 Å². The third-order valence-corrected chi connectivity index (χ3v) is 2.51. The van der Waals surface area contributed by atoms with E-state index in [2.05, 4.69) is 15.7 Å². The first kappa shape index (κ1) is 13.7. The molecule has 17 heavy (non-hydrogen) atoms. The van der Waals surface area contributed by atoms with Crippen LogP contribution in [0.5, 0.6) is 0 Å². The van der Waals surface area contributed by atoms with Gasteiger partial charge >= 0.3 is 0 Å². The lowest BCUT2D eigenvalue weighted by Crippen LogP contribution is -2.44. The molecule has 0 aliphatic heterocycles. The number of hydrogen-bond acceptors (Lipinski definition) is 3. The van der Waals surface area contributed by atoms with Crippen molar-refractivity contribution in [2.24, 2.45) is 7.05 Å². The van der Waals surface area contributed by atoms with Crippen LogP contribution in [0.15, 0.2) is 6.07 Å². The summed E-state index contributed by atoms with van der Waals surface area (Å²) in [5.41, 5.74) is 2.07. The van der Waals surface area contributed by atoms with E-state index in [0.29, 0.717) is 6.54 Å². The lowest BCUT2D eigenvalue weighted by Gasteiger charge is -2.15. The molecule has 1 unspecified atom stereocenters. The van der Waals surface area contributed by atoms with Crippen molar-refractivity contribution in [1.82, 2.24) is 20.4 Å². The second kappa shape index (κ2) is 5.82. The summed E-state index contributed by atoms with van der Waals surface area (Å²) >= 11 is 0. The first-order chi connectivity index (χ1) is 7.90. The molecule has 0 aliphatic rings. The SMILES string of the molecule is Cc1cc(CNC(C)C(=O)NC(C)C)n(C)n1. The van der Waals surface area contributed by atoms with E-state index < -0.39 is 0 Å². The molecule has 0 saturated carbocycles. The highest BCUT2D eigenvalue weighted by molar-refractivity contribution is 5.81. The normalized spacial score (nSPS) is 12.8. The van der Waals surface area contributed by atoms with E-state index in [9.17, 15) is 4.79 Å². The summed E-state index contributed by atoms with van der Waals surface area (Å²) in [5.74, 6) is 0.0268. The van der Waals surface area contributed by atoms with E-state index in [1.165, 1.54) is 0 Å². The molecule has 96 valence electrons. The highest BCUT2D eigenvalue weighted by atomic mass is 16.2. The van der Waals surface area contributed by atoms with Gasteiger partial charge in [-0.25, -0.2) is 0 Å². The Hall–Kier alpha value is -1.36. The molecule has 0 aromatic carbocycles. The van der Waals surface area contributed by atoms with Crippen molar-refractivity contribution in [3.8, 4) is 0 Å². The Morgan fingerprint density at radius 1 is 1.47 bits per heavy atom. The third kappa shape index (κ3) is 4.19. The van der Waals surface area contributed by atoms with Gasteiger partial charge in [0.25, 0.3) is 0 Å². The smallest absolute Gasteiger partial charge is 0.237 e. The molecule has 1 aromatic heterocycles. The molecule has 0 saturated heterocycles. The highest BCUT2D eigenvalue weighted by Crippen LogP contribution is 2.01. The molecule has 0 aliphatic carbocycles. The van der Waals surface area contributed by atoms with Crippen LogP contribution in [0, 0.1) is 6.92 Å². The first-order valence-corrected chi connectivity index (χ1v) is 5.93. The van der Waals surface area contributed by atoms with Crippen LogP contribution in [0.2, 0.25) is 0 Å². The van der Waals surface area contributed by atoms with Gasteiger partial charge in [-0.3, -0.25) is 9.48 Å². The number of nitrogens with one attached hydrogen (secondary N) is 2. The van der Waals surface area contributed by atoms with Crippen LogP contribution in [-0.4, -0.2) is 27.8 Å². The fourth-order valence-corrected chi connectivity index (χ4v) is 1.59. The van der Waals surface area contributed by atoms with Crippen LogP contribution in [0.25, 0.3) is 0 Å².